The Morgan fingerprint density at radius 1 is 1.44 bits per heavy atom. The zero-order valence-corrected chi connectivity index (χ0v) is 11.9. The van der Waals surface area contributed by atoms with Crippen LogP contribution in [0.2, 0.25) is 5.02 Å². The maximum Gasteiger partial charge on any atom is 0.245 e. The van der Waals surface area contributed by atoms with Gasteiger partial charge >= 0.3 is 0 Å². The molecular formula is C11H17ClN2O3S. The number of nitrogens with two attached hydrogens (primary N) is 1. The molecule has 1 aromatic rings. The molecule has 0 heterocycles. The molecule has 0 saturated carbocycles. The summed E-state index contributed by atoms with van der Waals surface area (Å²) in [5.41, 5.74) is 5.79. The van der Waals surface area contributed by atoms with E-state index >= 15 is 0 Å². The molecule has 0 radical (unpaired) electrons. The molecule has 102 valence electrons. The number of hydrogen-bond donors (Lipinski definition) is 2. The Morgan fingerprint density at radius 3 is 2.50 bits per heavy atom. The van der Waals surface area contributed by atoms with Crippen molar-refractivity contribution in [1.29, 1.82) is 0 Å². The Bertz CT molecular complexity index is 517. The van der Waals surface area contributed by atoms with Crippen LogP contribution in [0, 0.1) is 0 Å². The van der Waals surface area contributed by atoms with Crippen LogP contribution < -0.4 is 5.73 Å². The smallest absolute Gasteiger partial charge is 0.245 e. The van der Waals surface area contributed by atoms with Crippen LogP contribution in [-0.2, 0) is 10.0 Å². The highest BCUT2D eigenvalue weighted by Gasteiger charge is 2.28. The summed E-state index contributed by atoms with van der Waals surface area (Å²) in [5, 5.41) is 9.33. The van der Waals surface area contributed by atoms with Gasteiger partial charge in [0.2, 0.25) is 10.0 Å². The van der Waals surface area contributed by atoms with E-state index in [4.69, 9.17) is 22.4 Å². The number of benzene rings is 1. The third kappa shape index (κ3) is 3.14. The Kier molecular flexibility index (Phi) is 4.98. The van der Waals surface area contributed by atoms with E-state index in [1.807, 2.05) is 0 Å². The lowest BCUT2D eigenvalue weighted by atomic mass is 10.3. The van der Waals surface area contributed by atoms with E-state index in [-0.39, 0.29) is 29.8 Å². The zero-order valence-electron chi connectivity index (χ0n) is 10.3. The fourth-order valence-corrected chi connectivity index (χ4v) is 3.54. The number of halogens is 1. The minimum Gasteiger partial charge on any atom is -0.398 e. The third-order valence-corrected chi connectivity index (χ3v) is 4.84. The van der Waals surface area contributed by atoms with Crippen molar-refractivity contribution in [3.63, 3.8) is 0 Å². The van der Waals surface area contributed by atoms with Crippen LogP contribution in [0.3, 0.4) is 0 Å². The van der Waals surface area contributed by atoms with Crippen LogP contribution in [0.4, 0.5) is 5.69 Å². The number of aliphatic hydroxyl groups is 1. The molecule has 0 amide bonds. The van der Waals surface area contributed by atoms with Gasteiger partial charge in [0, 0.05) is 17.6 Å². The van der Waals surface area contributed by atoms with Crippen LogP contribution in [0.1, 0.15) is 13.8 Å². The first-order valence-electron chi connectivity index (χ1n) is 5.48. The van der Waals surface area contributed by atoms with Gasteiger partial charge in [0.25, 0.3) is 0 Å². The second kappa shape index (κ2) is 5.88. The first-order chi connectivity index (χ1) is 8.30. The molecule has 0 aliphatic rings. The van der Waals surface area contributed by atoms with Gasteiger partial charge in [-0.05, 0) is 32.0 Å². The summed E-state index contributed by atoms with van der Waals surface area (Å²) in [6, 6.07) is 3.98. The Labute approximate surface area is 112 Å². The standard InChI is InChI=1S/C11H17ClN2O3S/c1-8(2)14(5-6-15)18(16,17)11-4-3-9(12)7-10(11)13/h3-4,7-8,15H,5-6,13H2,1-2H3. The normalized spacial score (nSPS) is 12.3. The number of hydrogen-bond acceptors (Lipinski definition) is 4. The average molecular weight is 293 g/mol. The molecule has 0 atom stereocenters. The van der Waals surface area contributed by atoms with Crippen molar-refractivity contribution >= 4 is 27.3 Å². The van der Waals surface area contributed by atoms with Crippen molar-refractivity contribution < 1.29 is 13.5 Å². The number of nitrogens with zero attached hydrogens (tertiary/aromatic N) is 1. The van der Waals surface area contributed by atoms with E-state index in [1.54, 1.807) is 13.8 Å². The monoisotopic (exact) mass is 292 g/mol. The molecule has 3 N–H and O–H groups in total. The second-order valence-electron chi connectivity index (χ2n) is 4.12. The van der Waals surface area contributed by atoms with Crippen molar-refractivity contribution in [1.82, 2.24) is 4.31 Å². The second-order valence-corrected chi connectivity index (χ2v) is 6.41. The van der Waals surface area contributed by atoms with Crippen LogP contribution in [0.25, 0.3) is 0 Å². The van der Waals surface area contributed by atoms with Gasteiger partial charge in [-0.1, -0.05) is 11.6 Å². The SMILES string of the molecule is CC(C)N(CCO)S(=O)(=O)c1ccc(Cl)cc1N. The van der Waals surface area contributed by atoms with Crippen LogP contribution in [0.5, 0.6) is 0 Å². The summed E-state index contributed by atoms with van der Waals surface area (Å²) in [4.78, 5) is 0.00838. The predicted octanol–water partition coefficient (Wildman–Crippen LogP) is 1.31. The third-order valence-electron chi connectivity index (χ3n) is 2.45. The predicted molar refractivity (Wildman–Crippen MR) is 72.0 cm³/mol. The topological polar surface area (TPSA) is 83.6 Å². The summed E-state index contributed by atoms with van der Waals surface area (Å²) in [7, 11) is -3.72. The van der Waals surface area contributed by atoms with Gasteiger partial charge in [-0.3, -0.25) is 0 Å². The van der Waals surface area contributed by atoms with Gasteiger partial charge in [-0.2, -0.15) is 4.31 Å². The average Bonchev–Trinajstić information content (AvgIpc) is 2.24. The minimum atomic E-state index is -3.72. The molecule has 1 aromatic carbocycles. The van der Waals surface area contributed by atoms with E-state index in [2.05, 4.69) is 0 Å². The largest absolute Gasteiger partial charge is 0.398 e. The van der Waals surface area contributed by atoms with Crippen molar-refractivity contribution in [2.24, 2.45) is 0 Å². The maximum atomic E-state index is 12.4. The molecule has 0 aliphatic heterocycles. The summed E-state index contributed by atoms with van der Waals surface area (Å²) < 4.78 is 26.0. The van der Waals surface area contributed by atoms with Gasteiger partial charge in [0.15, 0.2) is 0 Å². The first kappa shape index (κ1) is 15.2. The molecule has 7 heteroatoms. The highest BCUT2D eigenvalue weighted by molar-refractivity contribution is 7.89. The van der Waals surface area contributed by atoms with Gasteiger partial charge in [-0.25, -0.2) is 8.42 Å². The van der Waals surface area contributed by atoms with Crippen LogP contribution >= 0.6 is 11.6 Å². The molecule has 1 rings (SSSR count). The number of aliphatic hydroxyl groups excluding tert-OH is 1. The number of nitrogen functional groups attached to an aromatic ring is 1. The molecule has 0 fully saturated rings. The summed E-state index contributed by atoms with van der Waals surface area (Å²) in [6.07, 6.45) is 0. The lowest BCUT2D eigenvalue weighted by molar-refractivity contribution is 0.236. The fraction of sp³-hybridized carbons (Fsp3) is 0.455. The Hall–Kier alpha value is -0.820. The molecule has 0 aromatic heterocycles. The molecule has 0 unspecified atom stereocenters. The quantitative estimate of drug-likeness (QED) is 0.802. The molecular weight excluding hydrogens is 276 g/mol. The Morgan fingerprint density at radius 2 is 2.06 bits per heavy atom. The molecule has 5 nitrogen and oxygen atoms in total. The fourth-order valence-electron chi connectivity index (χ4n) is 1.64. The van der Waals surface area contributed by atoms with Crippen molar-refractivity contribution in [3.8, 4) is 0 Å². The highest BCUT2D eigenvalue weighted by atomic mass is 35.5. The number of sulfonamides is 1. The number of rotatable bonds is 5. The molecule has 0 aliphatic carbocycles. The highest BCUT2D eigenvalue weighted by Crippen LogP contribution is 2.26. The molecule has 0 bridgehead atoms. The van der Waals surface area contributed by atoms with Crippen LogP contribution in [-0.4, -0.2) is 37.0 Å². The molecule has 18 heavy (non-hydrogen) atoms. The lowest BCUT2D eigenvalue weighted by Gasteiger charge is -2.25. The Balaban J connectivity index is 3.26. The number of anilines is 1. The maximum absolute atomic E-state index is 12.4. The zero-order chi connectivity index (χ0) is 13.9. The summed E-state index contributed by atoms with van der Waals surface area (Å²) >= 11 is 5.74. The van der Waals surface area contributed by atoms with Crippen molar-refractivity contribution in [2.45, 2.75) is 24.8 Å². The molecule has 0 spiro atoms. The van der Waals surface area contributed by atoms with E-state index in [0.29, 0.717) is 5.02 Å². The van der Waals surface area contributed by atoms with E-state index < -0.39 is 10.0 Å². The summed E-state index contributed by atoms with van der Waals surface area (Å²) in [5.74, 6) is 0. The van der Waals surface area contributed by atoms with Crippen molar-refractivity contribution in [2.75, 3.05) is 18.9 Å². The van der Waals surface area contributed by atoms with Crippen molar-refractivity contribution in [3.05, 3.63) is 23.2 Å². The van der Waals surface area contributed by atoms with Gasteiger partial charge in [0.05, 0.1) is 12.3 Å². The van der Waals surface area contributed by atoms with Gasteiger partial charge in [-0.15, -0.1) is 0 Å². The first-order valence-corrected chi connectivity index (χ1v) is 7.30. The summed E-state index contributed by atoms with van der Waals surface area (Å²) in [6.45, 7) is 3.26. The van der Waals surface area contributed by atoms with Gasteiger partial charge in [0.1, 0.15) is 4.90 Å². The van der Waals surface area contributed by atoms with Gasteiger partial charge < -0.3 is 10.8 Å². The lowest BCUT2D eigenvalue weighted by Crippen LogP contribution is -2.39. The van der Waals surface area contributed by atoms with E-state index in [9.17, 15) is 8.42 Å². The van der Waals surface area contributed by atoms with Crippen LogP contribution in [0.15, 0.2) is 23.1 Å². The van der Waals surface area contributed by atoms with E-state index in [1.165, 1.54) is 22.5 Å². The minimum absolute atomic E-state index is 0.00838. The van der Waals surface area contributed by atoms with E-state index in [0.717, 1.165) is 0 Å². The molecule has 0 saturated heterocycles.